The van der Waals surface area contributed by atoms with Crippen LogP contribution in [0.2, 0.25) is 0 Å². The zero-order valence-corrected chi connectivity index (χ0v) is 10.3. The van der Waals surface area contributed by atoms with Crippen LogP contribution in [0.5, 0.6) is 0 Å². The van der Waals surface area contributed by atoms with Crippen molar-refractivity contribution in [3.05, 3.63) is 24.2 Å². The van der Waals surface area contributed by atoms with Crippen molar-refractivity contribution in [3.63, 3.8) is 0 Å². The summed E-state index contributed by atoms with van der Waals surface area (Å²) in [6.07, 6.45) is 1.59. The van der Waals surface area contributed by atoms with Gasteiger partial charge in [0.15, 0.2) is 11.6 Å². The van der Waals surface area contributed by atoms with Crippen molar-refractivity contribution >= 4 is 0 Å². The lowest BCUT2D eigenvalue weighted by molar-refractivity contribution is 0.160. The van der Waals surface area contributed by atoms with E-state index >= 15 is 0 Å². The molecule has 0 amide bonds. The molecule has 1 aliphatic rings. The number of aromatic nitrogens is 2. The highest BCUT2D eigenvalue weighted by atomic mass is 16.5. The van der Waals surface area contributed by atoms with Gasteiger partial charge in [-0.05, 0) is 19.1 Å². The third-order valence-corrected chi connectivity index (χ3v) is 3.18. The maximum absolute atomic E-state index is 5.22. The van der Waals surface area contributed by atoms with E-state index in [2.05, 4.69) is 27.3 Å². The van der Waals surface area contributed by atoms with Crippen LogP contribution in [-0.2, 0) is 6.54 Å². The number of piperazine rings is 1. The number of nitrogens with one attached hydrogen (secondary N) is 1. The molecule has 3 rings (SSSR count). The van der Waals surface area contributed by atoms with Gasteiger partial charge >= 0.3 is 0 Å². The fourth-order valence-corrected chi connectivity index (χ4v) is 2.12. The molecular formula is C12H16N4O2. The number of nitrogens with zero attached hydrogens (tertiary/aromatic N) is 3. The van der Waals surface area contributed by atoms with Crippen molar-refractivity contribution in [2.24, 2.45) is 0 Å². The Morgan fingerprint density at radius 3 is 3.28 bits per heavy atom. The number of furan rings is 1. The Hall–Kier alpha value is -1.66. The van der Waals surface area contributed by atoms with Crippen LogP contribution in [-0.4, -0.2) is 40.7 Å². The zero-order chi connectivity index (χ0) is 12.4. The summed E-state index contributed by atoms with van der Waals surface area (Å²) >= 11 is 0. The standard InChI is InChI=1S/C12H16N4O2/c1-9-7-13-4-5-16(9)8-11-14-12(18-15-11)10-3-2-6-17-10/h2-3,6,9,13H,4-5,7-8H2,1H3. The first-order valence-corrected chi connectivity index (χ1v) is 6.14. The van der Waals surface area contributed by atoms with Gasteiger partial charge in [0, 0.05) is 25.7 Å². The monoisotopic (exact) mass is 248 g/mol. The Kier molecular flexibility index (Phi) is 3.12. The molecule has 6 nitrogen and oxygen atoms in total. The SMILES string of the molecule is CC1CNCCN1Cc1noc(-c2ccco2)n1. The average molecular weight is 248 g/mol. The first-order chi connectivity index (χ1) is 8.83. The summed E-state index contributed by atoms with van der Waals surface area (Å²) in [6, 6.07) is 4.10. The number of rotatable bonds is 3. The van der Waals surface area contributed by atoms with E-state index in [0.717, 1.165) is 19.6 Å². The van der Waals surface area contributed by atoms with Crippen molar-refractivity contribution in [2.45, 2.75) is 19.5 Å². The summed E-state index contributed by atoms with van der Waals surface area (Å²) in [5, 5.41) is 7.35. The summed E-state index contributed by atoms with van der Waals surface area (Å²) in [5.41, 5.74) is 0. The third-order valence-electron chi connectivity index (χ3n) is 3.18. The second-order valence-electron chi connectivity index (χ2n) is 4.52. The van der Waals surface area contributed by atoms with Crippen molar-refractivity contribution in [1.29, 1.82) is 0 Å². The lowest BCUT2D eigenvalue weighted by Crippen LogP contribution is -2.49. The molecule has 1 unspecified atom stereocenters. The molecule has 1 fully saturated rings. The molecule has 0 aromatic carbocycles. The Morgan fingerprint density at radius 1 is 1.56 bits per heavy atom. The Bertz CT molecular complexity index is 494. The normalized spacial score (nSPS) is 21.3. The maximum atomic E-state index is 5.22. The van der Waals surface area contributed by atoms with Gasteiger partial charge in [0.05, 0.1) is 12.8 Å². The number of hydrogen-bond acceptors (Lipinski definition) is 6. The van der Waals surface area contributed by atoms with Crippen molar-refractivity contribution in [3.8, 4) is 11.7 Å². The van der Waals surface area contributed by atoms with Crippen LogP contribution in [0.25, 0.3) is 11.7 Å². The van der Waals surface area contributed by atoms with E-state index in [1.165, 1.54) is 0 Å². The van der Waals surface area contributed by atoms with Crippen LogP contribution in [0.1, 0.15) is 12.7 Å². The molecule has 2 aromatic rings. The quantitative estimate of drug-likeness (QED) is 0.878. The topological polar surface area (TPSA) is 67.3 Å². The van der Waals surface area contributed by atoms with E-state index in [1.807, 2.05) is 6.07 Å². The van der Waals surface area contributed by atoms with Gasteiger partial charge in [-0.2, -0.15) is 4.98 Å². The van der Waals surface area contributed by atoms with Crippen molar-refractivity contribution in [1.82, 2.24) is 20.4 Å². The van der Waals surface area contributed by atoms with Gasteiger partial charge in [-0.25, -0.2) is 0 Å². The largest absolute Gasteiger partial charge is 0.459 e. The van der Waals surface area contributed by atoms with E-state index in [-0.39, 0.29) is 0 Å². The smallest absolute Gasteiger partial charge is 0.293 e. The van der Waals surface area contributed by atoms with Gasteiger partial charge in [0.25, 0.3) is 5.89 Å². The van der Waals surface area contributed by atoms with E-state index in [4.69, 9.17) is 8.94 Å². The van der Waals surface area contributed by atoms with Gasteiger partial charge < -0.3 is 14.3 Å². The van der Waals surface area contributed by atoms with Crippen LogP contribution < -0.4 is 5.32 Å². The van der Waals surface area contributed by atoms with Crippen LogP contribution in [0.15, 0.2) is 27.3 Å². The molecule has 1 N–H and O–H groups in total. The molecule has 0 radical (unpaired) electrons. The average Bonchev–Trinajstić information content (AvgIpc) is 3.02. The minimum atomic E-state index is 0.442. The molecule has 0 spiro atoms. The van der Waals surface area contributed by atoms with E-state index in [9.17, 15) is 0 Å². The third kappa shape index (κ3) is 2.30. The zero-order valence-electron chi connectivity index (χ0n) is 10.3. The minimum Gasteiger partial charge on any atom is -0.459 e. The molecule has 96 valence electrons. The molecule has 1 saturated heterocycles. The van der Waals surface area contributed by atoms with Crippen molar-refractivity contribution < 1.29 is 8.94 Å². The Morgan fingerprint density at radius 2 is 2.50 bits per heavy atom. The van der Waals surface area contributed by atoms with Crippen molar-refractivity contribution in [2.75, 3.05) is 19.6 Å². The summed E-state index contributed by atoms with van der Waals surface area (Å²) < 4.78 is 10.4. The van der Waals surface area contributed by atoms with Gasteiger partial charge in [0.2, 0.25) is 0 Å². The molecule has 2 aromatic heterocycles. The summed E-state index contributed by atoms with van der Waals surface area (Å²) in [7, 11) is 0. The second-order valence-corrected chi connectivity index (χ2v) is 4.52. The summed E-state index contributed by atoms with van der Waals surface area (Å²) in [5.74, 6) is 1.76. The molecule has 18 heavy (non-hydrogen) atoms. The first-order valence-electron chi connectivity index (χ1n) is 6.14. The highest BCUT2D eigenvalue weighted by Crippen LogP contribution is 2.18. The van der Waals surface area contributed by atoms with E-state index in [1.54, 1.807) is 12.3 Å². The Balaban J connectivity index is 1.70. The maximum Gasteiger partial charge on any atom is 0.293 e. The summed E-state index contributed by atoms with van der Waals surface area (Å²) in [6.45, 7) is 5.93. The van der Waals surface area contributed by atoms with Crippen LogP contribution in [0, 0.1) is 0 Å². The van der Waals surface area contributed by atoms with Crippen LogP contribution in [0.4, 0.5) is 0 Å². The van der Waals surface area contributed by atoms with Gasteiger partial charge in [0.1, 0.15) is 0 Å². The van der Waals surface area contributed by atoms with E-state index < -0.39 is 0 Å². The lowest BCUT2D eigenvalue weighted by atomic mass is 10.2. The first kappa shape index (κ1) is 11.4. The molecule has 1 atom stereocenters. The molecule has 0 aliphatic carbocycles. The van der Waals surface area contributed by atoms with Crippen LogP contribution >= 0.6 is 0 Å². The molecule has 0 bridgehead atoms. The summed E-state index contributed by atoms with van der Waals surface area (Å²) in [4.78, 5) is 6.69. The highest BCUT2D eigenvalue weighted by molar-refractivity contribution is 5.42. The van der Waals surface area contributed by atoms with Gasteiger partial charge in [-0.15, -0.1) is 0 Å². The fraction of sp³-hybridized carbons (Fsp3) is 0.500. The second kappa shape index (κ2) is 4.91. The molecule has 3 heterocycles. The van der Waals surface area contributed by atoms with E-state index in [0.29, 0.717) is 30.1 Å². The van der Waals surface area contributed by atoms with Gasteiger partial charge in [-0.3, -0.25) is 4.90 Å². The molecule has 0 saturated carbocycles. The van der Waals surface area contributed by atoms with Crippen LogP contribution in [0.3, 0.4) is 0 Å². The molecule has 1 aliphatic heterocycles. The minimum absolute atomic E-state index is 0.442. The predicted molar refractivity (Wildman–Crippen MR) is 64.7 cm³/mol. The molecule has 6 heteroatoms. The lowest BCUT2D eigenvalue weighted by Gasteiger charge is -2.32. The highest BCUT2D eigenvalue weighted by Gasteiger charge is 2.20. The Labute approximate surface area is 105 Å². The predicted octanol–water partition coefficient (Wildman–Crippen LogP) is 1.12. The molecular weight excluding hydrogens is 232 g/mol. The van der Waals surface area contributed by atoms with Gasteiger partial charge in [-0.1, -0.05) is 5.16 Å². The number of hydrogen-bond donors (Lipinski definition) is 1. The fourth-order valence-electron chi connectivity index (χ4n) is 2.12.